The minimum absolute atomic E-state index is 0.00797. The second kappa shape index (κ2) is 11.2. The zero-order valence-electron chi connectivity index (χ0n) is 16.7. The van der Waals surface area contributed by atoms with Crippen molar-refractivity contribution in [1.29, 1.82) is 0 Å². The Bertz CT molecular complexity index is 949. The molecule has 7 heteroatoms. The van der Waals surface area contributed by atoms with Gasteiger partial charge in [-0.05, 0) is 0 Å². The van der Waals surface area contributed by atoms with Crippen LogP contribution in [0, 0.1) is 3.57 Å². The molecule has 0 aliphatic carbocycles. The Morgan fingerprint density at radius 1 is 1.17 bits per heavy atom. The Hall–Kier alpha value is -0.540. The molecule has 0 fully saturated rings. The van der Waals surface area contributed by atoms with Gasteiger partial charge < -0.3 is 0 Å². The minimum atomic E-state index is -0.00797. The van der Waals surface area contributed by atoms with Crippen molar-refractivity contribution >= 4 is 39.3 Å². The summed E-state index contributed by atoms with van der Waals surface area (Å²) in [5, 5.41) is 1.95. The van der Waals surface area contributed by atoms with Crippen LogP contribution >= 0.6 is 39.3 Å². The average Bonchev–Trinajstić information content (AvgIpc) is 3.05. The van der Waals surface area contributed by atoms with E-state index in [9.17, 15) is 0 Å². The number of halogens is 3. The van der Waals surface area contributed by atoms with Gasteiger partial charge >= 0.3 is 184 Å². The van der Waals surface area contributed by atoms with E-state index in [0.717, 1.165) is 32.0 Å². The fourth-order valence-electron chi connectivity index (χ4n) is 2.86. The van der Waals surface area contributed by atoms with Gasteiger partial charge in [-0.25, -0.2) is 0 Å². The molecule has 0 spiro atoms. The molecular formula is C22H24BrClIN2OS-. The molecule has 0 aliphatic heterocycles. The fraction of sp³-hybridized carbons (Fsp3) is 0.318. The van der Waals surface area contributed by atoms with Gasteiger partial charge in [0.25, 0.3) is 0 Å². The number of benzene rings is 2. The van der Waals surface area contributed by atoms with Crippen molar-refractivity contribution in [1.82, 2.24) is 9.55 Å². The molecule has 0 bridgehead atoms. The molecule has 1 heterocycles. The number of aromatic nitrogens is 2. The van der Waals surface area contributed by atoms with E-state index in [0.29, 0.717) is 24.6 Å². The molecule has 0 saturated heterocycles. The van der Waals surface area contributed by atoms with E-state index in [4.69, 9.17) is 21.3 Å². The molecule has 156 valence electrons. The van der Waals surface area contributed by atoms with Gasteiger partial charge in [0.05, 0.1) is 0 Å². The predicted molar refractivity (Wildman–Crippen MR) is 120 cm³/mol. The van der Waals surface area contributed by atoms with Crippen molar-refractivity contribution in [2.24, 2.45) is 0 Å². The van der Waals surface area contributed by atoms with Gasteiger partial charge in [-0.15, -0.1) is 0 Å². The van der Waals surface area contributed by atoms with Gasteiger partial charge in [0.2, 0.25) is 0 Å². The zero-order valence-corrected chi connectivity index (χ0v) is 22.0. The number of rotatable bonds is 9. The summed E-state index contributed by atoms with van der Waals surface area (Å²) >= 11 is 11.7. The van der Waals surface area contributed by atoms with Crippen molar-refractivity contribution in [3.05, 3.63) is 74.2 Å². The van der Waals surface area contributed by atoms with E-state index in [2.05, 4.69) is 63.5 Å². The van der Waals surface area contributed by atoms with Gasteiger partial charge in [-0.2, -0.15) is 0 Å². The third-order valence-corrected chi connectivity index (χ3v) is 7.99. The van der Waals surface area contributed by atoms with E-state index >= 15 is 0 Å². The Balaban J connectivity index is 1.85. The first-order valence-corrected chi connectivity index (χ1v) is 14.8. The van der Waals surface area contributed by atoms with Crippen LogP contribution in [0.1, 0.15) is 36.8 Å². The maximum absolute atomic E-state index is 6.36. The number of hydrogen-bond donors (Lipinski definition) is 0. The maximum atomic E-state index is 6.36. The summed E-state index contributed by atoms with van der Waals surface area (Å²) in [6, 6.07) is 16.6. The van der Waals surface area contributed by atoms with Crippen LogP contribution < -0.4 is 21.2 Å². The Morgan fingerprint density at radius 3 is 2.59 bits per heavy atom. The van der Waals surface area contributed by atoms with E-state index in [1.165, 1.54) is 3.57 Å². The third kappa shape index (κ3) is 6.23. The third-order valence-electron chi connectivity index (χ3n) is 4.30. The summed E-state index contributed by atoms with van der Waals surface area (Å²) in [5.74, 6) is 1.26. The number of imidazole rings is 1. The van der Waals surface area contributed by atoms with Crippen molar-refractivity contribution in [2.45, 2.75) is 48.4 Å². The topological polar surface area (TPSA) is 27.1 Å². The van der Waals surface area contributed by atoms with Crippen LogP contribution in [0.2, 0.25) is 5.02 Å². The van der Waals surface area contributed by atoms with Gasteiger partial charge in [0.1, 0.15) is 0 Å². The van der Waals surface area contributed by atoms with E-state index in [-0.39, 0.29) is 21.2 Å². The summed E-state index contributed by atoms with van der Waals surface area (Å²) in [5.41, 5.74) is 2.94. The average molecular weight is 607 g/mol. The molecule has 0 unspecified atom stereocenters. The van der Waals surface area contributed by atoms with Crippen LogP contribution in [0.4, 0.5) is 0 Å². The van der Waals surface area contributed by atoms with Gasteiger partial charge in [-0.3, -0.25) is 0 Å². The monoisotopic (exact) mass is 605 g/mol. The van der Waals surface area contributed by atoms with Crippen molar-refractivity contribution in [3.63, 3.8) is 0 Å². The Kier molecular flexibility index (Phi) is 8.92. The summed E-state index contributed by atoms with van der Waals surface area (Å²) in [6.07, 6.45) is 0. The van der Waals surface area contributed by atoms with E-state index < -0.39 is 0 Å². The second-order valence-corrected chi connectivity index (χ2v) is 11.1. The van der Waals surface area contributed by atoms with E-state index in [1.807, 2.05) is 24.3 Å². The standard InChI is InChI=1S/C22H24BrClIN2OS/c1-15(2)21-22(29-19-10-17(24)9-18(11-19)25-3)27(14-23)20(26-21)13-28-12-16-7-5-4-6-8-16/h4-11,15H,12-14H2,1-3H3/q-1. The predicted octanol–water partition coefficient (Wildman–Crippen LogP) is 3.77. The quantitative estimate of drug-likeness (QED) is 0.274. The molecule has 2 aromatic carbocycles. The molecule has 29 heavy (non-hydrogen) atoms. The molecule has 0 atom stereocenters. The van der Waals surface area contributed by atoms with Crippen molar-refractivity contribution in [2.75, 3.05) is 4.93 Å². The van der Waals surface area contributed by atoms with Crippen LogP contribution in [0.5, 0.6) is 0 Å². The molecule has 0 amide bonds. The normalized spacial score (nSPS) is 11.5. The summed E-state index contributed by atoms with van der Waals surface area (Å²) in [7, 11) is 0. The summed E-state index contributed by atoms with van der Waals surface area (Å²) in [6.45, 7) is 5.41. The summed E-state index contributed by atoms with van der Waals surface area (Å²) < 4.78 is 9.52. The number of nitrogens with zero attached hydrogens (tertiary/aromatic N) is 2. The molecule has 0 aliphatic rings. The first-order valence-electron chi connectivity index (χ1n) is 9.26. The molecule has 1 aromatic heterocycles. The molecule has 3 nitrogen and oxygen atoms in total. The number of hydrogen-bond acceptors (Lipinski definition) is 3. The molecule has 3 aromatic rings. The van der Waals surface area contributed by atoms with Crippen molar-refractivity contribution in [3.8, 4) is 0 Å². The Labute approximate surface area is 201 Å². The first kappa shape index (κ1) is 23.1. The summed E-state index contributed by atoms with van der Waals surface area (Å²) in [4.78, 5) is 8.35. The van der Waals surface area contributed by atoms with Crippen molar-refractivity contribution < 1.29 is 25.9 Å². The van der Waals surface area contributed by atoms with Gasteiger partial charge in [0, 0.05) is 0 Å². The fourth-order valence-corrected chi connectivity index (χ4v) is 6.82. The van der Waals surface area contributed by atoms with E-state index in [1.54, 1.807) is 11.8 Å². The van der Waals surface area contributed by atoms with Crippen LogP contribution in [0.3, 0.4) is 0 Å². The number of ether oxygens (including phenoxy) is 1. The molecule has 0 N–H and O–H groups in total. The second-order valence-electron chi connectivity index (χ2n) is 6.80. The van der Waals surface area contributed by atoms with Crippen LogP contribution in [-0.4, -0.2) is 14.5 Å². The van der Waals surface area contributed by atoms with Crippen LogP contribution in [0.15, 0.2) is 58.5 Å². The molecule has 3 rings (SSSR count). The molecule has 0 radical (unpaired) electrons. The molecular weight excluding hydrogens is 583 g/mol. The zero-order chi connectivity index (χ0) is 20.8. The van der Waals surface area contributed by atoms with Gasteiger partial charge in [-0.1, -0.05) is 18.2 Å². The molecule has 0 saturated carbocycles. The first-order chi connectivity index (χ1) is 14.0. The SMILES string of the molecule is C[I-]c1cc(Cl)cc(Sc2c(C(C)C)nc(COCc3ccccc3)n2CBr)c1. The Morgan fingerprint density at radius 2 is 1.93 bits per heavy atom. The van der Waals surface area contributed by atoms with Crippen LogP contribution in [-0.2, 0) is 23.4 Å². The number of alkyl halides is 2. The van der Waals surface area contributed by atoms with Gasteiger partial charge in [0.15, 0.2) is 0 Å². The van der Waals surface area contributed by atoms with Crippen LogP contribution in [0.25, 0.3) is 0 Å².